The molecule has 3 nitrogen and oxygen atoms in total. The fourth-order valence-electron chi connectivity index (χ4n) is 2.45. The molecule has 1 saturated carbocycles. The van der Waals surface area contributed by atoms with Gasteiger partial charge in [0.2, 0.25) is 5.91 Å². The Morgan fingerprint density at radius 2 is 2.05 bits per heavy atom. The maximum atomic E-state index is 11.9. The number of nitriles is 1. The third-order valence-corrected chi connectivity index (χ3v) is 3.85. The van der Waals surface area contributed by atoms with Crippen LogP contribution in [0, 0.1) is 16.7 Å². The van der Waals surface area contributed by atoms with Crippen molar-refractivity contribution >= 4 is 5.91 Å². The number of nitrogens with one attached hydrogen (secondary N) is 1. The number of hydrogen-bond acceptors (Lipinski definition) is 2. The van der Waals surface area contributed by atoms with E-state index in [9.17, 15) is 4.79 Å². The first-order valence-corrected chi connectivity index (χ1v) is 6.93. The Hall–Kier alpha value is -1.82. The van der Waals surface area contributed by atoms with Crippen LogP contribution in [-0.4, -0.2) is 12.5 Å². The first-order chi connectivity index (χ1) is 9.17. The van der Waals surface area contributed by atoms with Crippen LogP contribution in [0.4, 0.5) is 0 Å². The van der Waals surface area contributed by atoms with E-state index in [0.29, 0.717) is 17.4 Å². The number of nitrogens with zero attached hydrogens (tertiary/aromatic N) is 1. The molecule has 3 heteroatoms. The Bertz CT molecular complexity index is 480. The molecule has 0 spiro atoms. The summed E-state index contributed by atoms with van der Waals surface area (Å²) in [4.78, 5) is 11.9. The molecule has 0 atom stereocenters. The molecule has 2 rings (SSSR count). The Morgan fingerprint density at radius 1 is 1.37 bits per heavy atom. The lowest BCUT2D eigenvalue weighted by Gasteiger charge is -2.14. The minimum atomic E-state index is 0.0760. The van der Waals surface area contributed by atoms with Crippen LogP contribution >= 0.6 is 0 Å². The molecular weight excluding hydrogens is 236 g/mol. The van der Waals surface area contributed by atoms with Gasteiger partial charge in [0.25, 0.3) is 0 Å². The van der Waals surface area contributed by atoms with Crippen LogP contribution in [0.5, 0.6) is 0 Å². The van der Waals surface area contributed by atoms with Crippen LogP contribution in [-0.2, 0) is 11.2 Å². The lowest BCUT2D eigenvalue weighted by Crippen LogP contribution is -2.31. The average molecular weight is 256 g/mol. The molecule has 0 saturated heterocycles. The Morgan fingerprint density at radius 3 is 2.58 bits per heavy atom. The Kier molecular flexibility index (Phi) is 4.21. The SMILES string of the molecule is CCCC1(CNC(=O)Cc2ccc(C#N)cc2)CC1. The fraction of sp³-hybridized carbons (Fsp3) is 0.500. The van der Waals surface area contributed by atoms with Crippen LogP contribution in [0.1, 0.15) is 43.7 Å². The Labute approximate surface area is 114 Å². The second-order valence-corrected chi connectivity index (χ2v) is 5.51. The number of carbonyl (C=O) groups is 1. The molecule has 1 amide bonds. The molecule has 0 aliphatic heterocycles. The topological polar surface area (TPSA) is 52.9 Å². The van der Waals surface area contributed by atoms with Gasteiger partial charge in [-0.05, 0) is 42.4 Å². The van der Waals surface area contributed by atoms with Crippen LogP contribution < -0.4 is 5.32 Å². The van der Waals surface area contributed by atoms with E-state index < -0.39 is 0 Å². The summed E-state index contributed by atoms with van der Waals surface area (Å²) in [6.07, 6.45) is 5.29. The van der Waals surface area contributed by atoms with Crippen molar-refractivity contribution in [1.82, 2.24) is 5.32 Å². The smallest absolute Gasteiger partial charge is 0.224 e. The van der Waals surface area contributed by atoms with Gasteiger partial charge in [-0.15, -0.1) is 0 Å². The second-order valence-electron chi connectivity index (χ2n) is 5.51. The molecular formula is C16H20N2O. The van der Waals surface area contributed by atoms with E-state index in [1.165, 1.54) is 25.7 Å². The van der Waals surface area contributed by atoms with Crippen LogP contribution in [0.25, 0.3) is 0 Å². The zero-order valence-electron chi connectivity index (χ0n) is 11.4. The summed E-state index contributed by atoms with van der Waals surface area (Å²) < 4.78 is 0. The van der Waals surface area contributed by atoms with E-state index in [1.807, 2.05) is 12.1 Å². The molecule has 0 radical (unpaired) electrons. The molecule has 1 aromatic carbocycles. The van der Waals surface area contributed by atoms with Gasteiger partial charge >= 0.3 is 0 Å². The minimum absolute atomic E-state index is 0.0760. The highest BCUT2D eigenvalue weighted by molar-refractivity contribution is 5.78. The van der Waals surface area contributed by atoms with Crippen molar-refractivity contribution in [2.75, 3.05) is 6.54 Å². The molecule has 0 heterocycles. The lowest BCUT2D eigenvalue weighted by molar-refractivity contribution is -0.120. The van der Waals surface area contributed by atoms with E-state index >= 15 is 0 Å². The van der Waals surface area contributed by atoms with Gasteiger partial charge in [-0.25, -0.2) is 0 Å². The zero-order chi connectivity index (χ0) is 13.7. The van der Waals surface area contributed by atoms with Crippen LogP contribution in [0.2, 0.25) is 0 Å². The van der Waals surface area contributed by atoms with Crippen molar-refractivity contribution in [1.29, 1.82) is 5.26 Å². The van der Waals surface area contributed by atoms with Gasteiger partial charge in [0, 0.05) is 6.54 Å². The van der Waals surface area contributed by atoms with Crippen molar-refractivity contribution in [3.8, 4) is 6.07 Å². The Balaban J connectivity index is 1.79. The highest BCUT2D eigenvalue weighted by Crippen LogP contribution is 2.48. The largest absolute Gasteiger partial charge is 0.355 e. The maximum absolute atomic E-state index is 11.9. The fourth-order valence-corrected chi connectivity index (χ4v) is 2.45. The van der Waals surface area contributed by atoms with E-state index in [2.05, 4.69) is 18.3 Å². The molecule has 1 N–H and O–H groups in total. The second kappa shape index (κ2) is 5.88. The van der Waals surface area contributed by atoms with E-state index in [0.717, 1.165) is 12.1 Å². The van der Waals surface area contributed by atoms with Crippen molar-refractivity contribution in [2.24, 2.45) is 5.41 Å². The summed E-state index contributed by atoms with van der Waals surface area (Å²) in [7, 11) is 0. The number of hydrogen-bond donors (Lipinski definition) is 1. The molecule has 1 aromatic rings. The van der Waals surface area contributed by atoms with Gasteiger partial charge in [0.1, 0.15) is 0 Å². The normalized spacial score (nSPS) is 15.6. The predicted octanol–water partition coefficient (Wildman–Crippen LogP) is 2.80. The summed E-state index contributed by atoms with van der Waals surface area (Å²) in [5, 5.41) is 11.8. The molecule has 0 unspecified atom stereocenters. The first-order valence-electron chi connectivity index (χ1n) is 6.93. The van der Waals surface area contributed by atoms with Crippen LogP contribution in [0.3, 0.4) is 0 Å². The standard InChI is InChI=1S/C16H20N2O/c1-2-7-16(8-9-16)12-18-15(19)10-13-3-5-14(11-17)6-4-13/h3-6H,2,7-10,12H2,1H3,(H,18,19). The number of rotatable bonds is 6. The van der Waals surface area contributed by atoms with Crippen molar-refractivity contribution in [3.63, 3.8) is 0 Å². The highest BCUT2D eigenvalue weighted by Gasteiger charge is 2.41. The molecule has 19 heavy (non-hydrogen) atoms. The van der Waals surface area contributed by atoms with E-state index in [4.69, 9.17) is 5.26 Å². The third kappa shape index (κ3) is 3.82. The molecule has 0 bridgehead atoms. The van der Waals surface area contributed by atoms with Crippen molar-refractivity contribution in [3.05, 3.63) is 35.4 Å². The monoisotopic (exact) mass is 256 g/mol. The summed E-state index contributed by atoms with van der Waals surface area (Å²) in [5.41, 5.74) is 1.98. The van der Waals surface area contributed by atoms with Crippen LogP contribution in [0.15, 0.2) is 24.3 Å². The van der Waals surface area contributed by atoms with Gasteiger partial charge in [-0.3, -0.25) is 4.79 Å². The zero-order valence-corrected chi connectivity index (χ0v) is 11.4. The average Bonchev–Trinajstić information content (AvgIpc) is 3.18. The number of carbonyl (C=O) groups excluding carboxylic acids is 1. The van der Waals surface area contributed by atoms with E-state index in [1.54, 1.807) is 12.1 Å². The summed E-state index contributed by atoms with van der Waals surface area (Å²) >= 11 is 0. The number of amides is 1. The third-order valence-electron chi connectivity index (χ3n) is 3.85. The quantitative estimate of drug-likeness (QED) is 0.851. The highest BCUT2D eigenvalue weighted by atomic mass is 16.1. The molecule has 1 aliphatic carbocycles. The summed E-state index contributed by atoms with van der Waals surface area (Å²) in [6, 6.07) is 9.27. The van der Waals surface area contributed by atoms with Gasteiger partial charge in [-0.2, -0.15) is 5.26 Å². The summed E-state index contributed by atoms with van der Waals surface area (Å²) in [6.45, 7) is 3.01. The molecule has 100 valence electrons. The van der Waals surface area contributed by atoms with E-state index in [-0.39, 0.29) is 5.91 Å². The molecule has 0 aromatic heterocycles. The minimum Gasteiger partial charge on any atom is -0.355 e. The van der Waals surface area contributed by atoms with Gasteiger partial charge in [0.15, 0.2) is 0 Å². The van der Waals surface area contributed by atoms with Gasteiger partial charge in [-0.1, -0.05) is 25.5 Å². The molecule has 1 fully saturated rings. The number of benzene rings is 1. The lowest BCUT2D eigenvalue weighted by atomic mass is 10.0. The maximum Gasteiger partial charge on any atom is 0.224 e. The molecule has 1 aliphatic rings. The van der Waals surface area contributed by atoms with Crippen molar-refractivity contribution < 1.29 is 4.79 Å². The first kappa shape index (κ1) is 13.6. The van der Waals surface area contributed by atoms with Gasteiger partial charge in [0.05, 0.1) is 18.1 Å². The van der Waals surface area contributed by atoms with Gasteiger partial charge < -0.3 is 5.32 Å². The summed E-state index contributed by atoms with van der Waals surface area (Å²) in [5.74, 6) is 0.0760. The van der Waals surface area contributed by atoms with Crippen molar-refractivity contribution in [2.45, 2.75) is 39.0 Å². The predicted molar refractivity (Wildman–Crippen MR) is 74.4 cm³/mol.